The highest BCUT2D eigenvalue weighted by Gasteiger charge is 2.23. The van der Waals surface area contributed by atoms with Crippen LogP contribution >= 0.6 is 0 Å². The van der Waals surface area contributed by atoms with Crippen LogP contribution in [0.25, 0.3) is 0 Å². The Hall–Kier alpha value is -2.24. The van der Waals surface area contributed by atoms with Gasteiger partial charge >= 0.3 is 5.97 Å². The lowest BCUT2D eigenvalue weighted by atomic mass is 10.1. The molecule has 0 aliphatic rings. The maximum atomic E-state index is 11.7. The first-order valence-electron chi connectivity index (χ1n) is 6.23. The number of amides is 1. The smallest absolute Gasteiger partial charge is 0.326 e. The lowest BCUT2D eigenvalue weighted by molar-refractivity contribution is -0.143. The molecule has 1 aromatic rings. The molecule has 1 rings (SSSR count). The van der Waals surface area contributed by atoms with E-state index in [0.29, 0.717) is 11.5 Å². The van der Waals surface area contributed by atoms with Crippen molar-refractivity contribution in [3.63, 3.8) is 0 Å². The third-order valence-corrected chi connectivity index (χ3v) is 2.68. The molecular formula is C14H19NO5. The fourth-order valence-electron chi connectivity index (χ4n) is 1.61. The lowest BCUT2D eigenvalue weighted by Crippen LogP contribution is -2.46. The highest BCUT2D eigenvalue weighted by molar-refractivity contribution is 5.84. The van der Waals surface area contributed by atoms with Crippen LogP contribution in [0.3, 0.4) is 0 Å². The van der Waals surface area contributed by atoms with Crippen molar-refractivity contribution in [1.29, 1.82) is 0 Å². The van der Waals surface area contributed by atoms with Crippen molar-refractivity contribution in [3.8, 4) is 11.5 Å². The van der Waals surface area contributed by atoms with Crippen LogP contribution in [0.2, 0.25) is 0 Å². The molecule has 1 amide bonds. The fourth-order valence-corrected chi connectivity index (χ4v) is 1.61. The van der Waals surface area contributed by atoms with E-state index in [1.165, 1.54) is 7.11 Å². The lowest BCUT2D eigenvalue weighted by Gasteiger charge is -2.18. The molecule has 1 aromatic carbocycles. The zero-order valence-corrected chi connectivity index (χ0v) is 11.8. The first-order chi connectivity index (χ1) is 9.45. The van der Waals surface area contributed by atoms with Crippen molar-refractivity contribution in [2.45, 2.75) is 19.9 Å². The van der Waals surface area contributed by atoms with Crippen LogP contribution in [0.4, 0.5) is 0 Å². The molecule has 0 saturated heterocycles. The van der Waals surface area contributed by atoms with Crippen LogP contribution < -0.4 is 14.8 Å². The molecule has 20 heavy (non-hydrogen) atoms. The number of nitrogens with one attached hydrogen (secondary N) is 1. The van der Waals surface area contributed by atoms with Crippen molar-refractivity contribution < 1.29 is 24.2 Å². The molecule has 0 bridgehead atoms. The minimum Gasteiger partial charge on any atom is -0.493 e. The zero-order chi connectivity index (χ0) is 15.1. The maximum Gasteiger partial charge on any atom is 0.326 e. The summed E-state index contributed by atoms with van der Waals surface area (Å²) in [7, 11) is 1.50. The van der Waals surface area contributed by atoms with Gasteiger partial charge in [-0.1, -0.05) is 26.0 Å². The van der Waals surface area contributed by atoms with E-state index in [9.17, 15) is 9.59 Å². The van der Waals surface area contributed by atoms with Gasteiger partial charge in [-0.2, -0.15) is 0 Å². The number of methoxy groups -OCH3 is 1. The molecule has 0 aliphatic heterocycles. The minimum absolute atomic E-state index is 0.206. The monoisotopic (exact) mass is 281 g/mol. The SMILES string of the molecule is COc1ccccc1OCC(=O)NC(C(=O)O)C(C)C. The van der Waals surface area contributed by atoms with Crippen LogP contribution in [-0.4, -0.2) is 36.7 Å². The van der Waals surface area contributed by atoms with Crippen LogP contribution in [-0.2, 0) is 9.59 Å². The maximum absolute atomic E-state index is 11.7. The largest absolute Gasteiger partial charge is 0.493 e. The Kier molecular flexibility index (Phi) is 5.83. The first-order valence-corrected chi connectivity index (χ1v) is 6.23. The molecule has 110 valence electrons. The number of aliphatic carboxylic acids is 1. The number of carbonyl (C=O) groups is 2. The van der Waals surface area contributed by atoms with E-state index in [0.717, 1.165) is 0 Å². The number of para-hydroxylation sites is 2. The van der Waals surface area contributed by atoms with E-state index in [1.54, 1.807) is 38.1 Å². The molecule has 0 radical (unpaired) electrons. The van der Waals surface area contributed by atoms with E-state index < -0.39 is 17.9 Å². The molecule has 2 N–H and O–H groups in total. The second-order valence-corrected chi connectivity index (χ2v) is 4.57. The van der Waals surface area contributed by atoms with E-state index in [2.05, 4.69) is 5.32 Å². The van der Waals surface area contributed by atoms with Crippen molar-refractivity contribution >= 4 is 11.9 Å². The summed E-state index contributed by atoms with van der Waals surface area (Å²) in [6, 6.07) is 5.99. The second-order valence-electron chi connectivity index (χ2n) is 4.57. The summed E-state index contributed by atoms with van der Waals surface area (Å²) in [5, 5.41) is 11.4. The van der Waals surface area contributed by atoms with Gasteiger partial charge in [0, 0.05) is 0 Å². The number of carboxylic acid groups (broad SMARTS) is 1. The first kappa shape index (κ1) is 15.8. The highest BCUT2D eigenvalue weighted by atomic mass is 16.5. The Morgan fingerprint density at radius 3 is 2.35 bits per heavy atom. The molecular weight excluding hydrogens is 262 g/mol. The third kappa shape index (κ3) is 4.46. The normalized spacial score (nSPS) is 11.8. The summed E-state index contributed by atoms with van der Waals surface area (Å²) in [4.78, 5) is 22.7. The predicted octanol–water partition coefficient (Wildman–Crippen LogP) is 1.30. The van der Waals surface area contributed by atoms with Crippen LogP contribution in [0.15, 0.2) is 24.3 Å². The third-order valence-electron chi connectivity index (χ3n) is 2.68. The van der Waals surface area contributed by atoms with Gasteiger partial charge in [0.05, 0.1) is 7.11 Å². The molecule has 0 aromatic heterocycles. The Bertz CT molecular complexity index is 472. The van der Waals surface area contributed by atoms with Gasteiger partial charge in [-0.3, -0.25) is 4.79 Å². The molecule has 6 nitrogen and oxygen atoms in total. The Labute approximate surface area is 117 Å². The fraction of sp³-hybridized carbons (Fsp3) is 0.429. The molecule has 0 spiro atoms. The minimum atomic E-state index is -1.06. The topological polar surface area (TPSA) is 84.9 Å². The van der Waals surface area contributed by atoms with Gasteiger partial charge in [-0.05, 0) is 18.1 Å². The van der Waals surface area contributed by atoms with Crippen molar-refractivity contribution in [1.82, 2.24) is 5.32 Å². The number of carbonyl (C=O) groups excluding carboxylic acids is 1. The Morgan fingerprint density at radius 2 is 1.85 bits per heavy atom. The van der Waals surface area contributed by atoms with E-state index >= 15 is 0 Å². The quantitative estimate of drug-likeness (QED) is 0.787. The molecule has 0 saturated carbocycles. The second kappa shape index (κ2) is 7.37. The molecule has 0 aliphatic carbocycles. The van der Waals surface area contributed by atoms with Crippen LogP contribution in [0.5, 0.6) is 11.5 Å². The number of carboxylic acids is 1. The van der Waals surface area contributed by atoms with Crippen molar-refractivity contribution in [3.05, 3.63) is 24.3 Å². The van der Waals surface area contributed by atoms with Gasteiger partial charge in [0.25, 0.3) is 5.91 Å². The average Bonchev–Trinajstić information content (AvgIpc) is 2.42. The van der Waals surface area contributed by atoms with Gasteiger partial charge in [-0.25, -0.2) is 4.79 Å². The Balaban J connectivity index is 2.57. The molecule has 0 fully saturated rings. The number of hydrogen-bond donors (Lipinski definition) is 2. The molecule has 1 atom stereocenters. The standard InChI is InChI=1S/C14H19NO5/c1-9(2)13(14(17)18)15-12(16)8-20-11-7-5-4-6-10(11)19-3/h4-7,9,13H,8H2,1-3H3,(H,15,16)(H,17,18). The van der Waals surface area contributed by atoms with Gasteiger partial charge < -0.3 is 19.9 Å². The summed E-state index contributed by atoms with van der Waals surface area (Å²) in [6.45, 7) is 3.18. The zero-order valence-electron chi connectivity index (χ0n) is 11.8. The van der Waals surface area contributed by atoms with Gasteiger partial charge in [-0.15, -0.1) is 0 Å². The van der Waals surface area contributed by atoms with E-state index in [4.69, 9.17) is 14.6 Å². The molecule has 1 unspecified atom stereocenters. The Morgan fingerprint density at radius 1 is 1.25 bits per heavy atom. The summed E-state index contributed by atoms with van der Waals surface area (Å²) in [6.07, 6.45) is 0. The highest BCUT2D eigenvalue weighted by Crippen LogP contribution is 2.25. The summed E-state index contributed by atoms with van der Waals surface area (Å²) in [5.41, 5.74) is 0. The van der Waals surface area contributed by atoms with Gasteiger partial charge in [0.1, 0.15) is 6.04 Å². The van der Waals surface area contributed by atoms with Crippen molar-refractivity contribution in [2.24, 2.45) is 5.92 Å². The summed E-state index contributed by atoms with van der Waals surface area (Å²) in [5.74, 6) is -0.814. The van der Waals surface area contributed by atoms with Crippen LogP contribution in [0.1, 0.15) is 13.8 Å². The van der Waals surface area contributed by atoms with Gasteiger partial charge in [0.2, 0.25) is 0 Å². The molecule has 6 heteroatoms. The summed E-state index contributed by atoms with van der Waals surface area (Å²) < 4.78 is 10.4. The average molecular weight is 281 g/mol. The number of hydrogen-bond acceptors (Lipinski definition) is 4. The molecule has 0 heterocycles. The van der Waals surface area contributed by atoms with E-state index in [-0.39, 0.29) is 12.5 Å². The van der Waals surface area contributed by atoms with Crippen molar-refractivity contribution in [2.75, 3.05) is 13.7 Å². The number of ether oxygens (including phenoxy) is 2. The number of rotatable bonds is 7. The van der Waals surface area contributed by atoms with Crippen LogP contribution in [0, 0.1) is 5.92 Å². The van der Waals surface area contributed by atoms with Gasteiger partial charge in [0.15, 0.2) is 18.1 Å². The predicted molar refractivity (Wildman–Crippen MR) is 72.9 cm³/mol. The number of benzene rings is 1. The summed E-state index contributed by atoms with van der Waals surface area (Å²) >= 11 is 0. The van der Waals surface area contributed by atoms with E-state index in [1.807, 2.05) is 0 Å².